The fourth-order valence-electron chi connectivity index (χ4n) is 9.34. The highest BCUT2D eigenvalue weighted by atomic mass is 32.2. The Morgan fingerprint density at radius 3 is 1.21 bits per heavy atom. The first-order valence-corrected chi connectivity index (χ1v) is 41.3. The minimum Gasteiger partial charge on any atom is -0.497 e. The van der Waals surface area contributed by atoms with E-state index in [1.165, 1.54) is 78.9 Å². The summed E-state index contributed by atoms with van der Waals surface area (Å²) in [7, 11) is 4.86. The molecule has 0 saturated heterocycles. The van der Waals surface area contributed by atoms with Crippen LogP contribution in [0.3, 0.4) is 0 Å². The van der Waals surface area contributed by atoms with Gasteiger partial charge < -0.3 is 79.0 Å². The summed E-state index contributed by atoms with van der Waals surface area (Å²) in [5, 5.41) is 0. The smallest absolute Gasteiger partial charge is 0.446 e. The Kier molecular flexibility index (Phi) is 82.5. The van der Waals surface area contributed by atoms with E-state index in [9.17, 15) is 69.9 Å². The minimum absolute atomic E-state index is 0. The van der Waals surface area contributed by atoms with E-state index < -0.39 is 44.6 Å². The highest BCUT2D eigenvalue weighted by Crippen LogP contribution is 2.37. The molecule has 0 spiro atoms. The number of ether oxygens (including phenoxy) is 7. The van der Waals surface area contributed by atoms with Gasteiger partial charge in [0, 0.05) is 87.3 Å². The monoisotopic (exact) mass is 1940 g/mol. The Labute approximate surface area is 784 Å². The Hall–Kier alpha value is -10.2. The summed E-state index contributed by atoms with van der Waals surface area (Å²) in [6.45, 7) is 1.51. The number of benzene rings is 8. The second-order valence-electron chi connectivity index (χ2n) is 25.2. The highest BCUT2D eigenvalue weighted by Gasteiger charge is 2.31. The van der Waals surface area contributed by atoms with Crippen LogP contribution in [0.25, 0.3) is 0 Å². The molecule has 0 saturated carbocycles. The van der Waals surface area contributed by atoms with E-state index >= 15 is 0 Å². The maximum Gasteiger partial charge on any atom is 0.446 e. The summed E-state index contributed by atoms with van der Waals surface area (Å²) in [5.41, 5.74) is 41.9. The molecule has 0 bridgehead atoms. The third kappa shape index (κ3) is 65.4. The molecule has 8 aromatic carbocycles. The molecule has 8 rings (SSSR count). The maximum absolute atomic E-state index is 13.1. The first-order chi connectivity index (χ1) is 59.0. The fraction of sp³-hybridized carbons (Fsp3) is 0.347. The van der Waals surface area contributed by atoms with E-state index in [0.717, 1.165) is 74.4 Å². The molecule has 8 aromatic rings. The van der Waals surface area contributed by atoms with Crippen LogP contribution in [0, 0.1) is 0 Å². The molecule has 0 atom stereocenters. The van der Waals surface area contributed by atoms with Gasteiger partial charge in [-0.25, -0.2) is 43.5 Å². The Bertz CT molecular complexity index is 4700. The number of hydrogen-bond donors (Lipinski definition) is 8. The molecule has 34 heteroatoms. The lowest BCUT2D eigenvalue weighted by molar-refractivity contribution is -0.137. The molecule has 744 valence electrons. The van der Waals surface area contributed by atoms with Crippen LogP contribution in [0.1, 0.15) is 105 Å². The van der Waals surface area contributed by atoms with Crippen molar-refractivity contribution in [3.63, 3.8) is 0 Å². The molecule has 0 aliphatic rings. The van der Waals surface area contributed by atoms with Gasteiger partial charge in [0.15, 0.2) is 9.84 Å². The number of thioether (sulfide) groups is 2. The number of halogens is 14. The Morgan fingerprint density at radius 1 is 0.371 bits per heavy atom. The molecule has 0 aliphatic carbocycles. The van der Waals surface area contributed by atoms with Crippen molar-refractivity contribution in [2.45, 2.75) is 131 Å². The van der Waals surface area contributed by atoms with Crippen LogP contribution in [0.4, 0.5) is 61.5 Å². The number of rotatable bonds is 35. The van der Waals surface area contributed by atoms with Crippen LogP contribution < -0.4 is 74.3 Å². The predicted molar refractivity (Wildman–Crippen MR) is 523 cm³/mol. The van der Waals surface area contributed by atoms with Gasteiger partial charge in [-0.1, -0.05) is 156 Å². The summed E-state index contributed by atoms with van der Waals surface area (Å²) in [6.07, 6.45) is 8.39. The van der Waals surface area contributed by atoms with Crippen molar-refractivity contribution in [2.75, 3.05) is 113 Å². The molecular weight excluding hydrogens is 1800 g/mol. The van der Waals surface area contributed by atoms with Gasteiger partial charge in [-0.05, 0) is 223 Å². The van der Waals surface area contributed by atoms with E-state index in [4.69, 9.17) is 79.0 Å². The highest BCUT2D eigenvalue weighted by molar-refractivity contribution is 8.00. The normalized spacial score (nSPS) is 11.4. The Morgan fingerprint density at radius 2 is 0.750 bits per heavy atom. The third-order valence-electron chi connectivity index (χ3n) is 15.7. The fourth-order valence-corrected chi connectivity index (χ4v) is 11.5. The summed E-state index contributed by atoms with van der Waals surface area (Å²) in [4.78, 5) is 1.39. The number of allylic oxidation sites excluding steroid dienone is 5. The summed E-state index contributed by atoms with van der Waals surface area (Å²) in [6, 6.07) is 54.5. The SMILES string of the molecule is C.C.C.C.C.C.C.C.COCc1cccc(CC=C(F)CN)c1.COc1cccc(CC(C)=C(F)CN)c1.COc1cccc(OCC=C(F)CN)c1.COc1cccc(SCC=C(F)CN)c1.COc1ccccc1CC=C(F)CN.CS(=O)(=O)c1cccc(CC=C(F)CN)c1.NCC(F)=CCOc1cccc(C(F)(F)F)c1.NCC(F)=CCc1cccc(SC(F)(F)F)c1. The van der Waals surface area contributed by atoms with Crippen molar-refractivity contribution in [3.8, 4) is 34.5 Å². The molecular formula is C98H142F14N8O9S3. The molecule has 0 fully saturated rings. The van der Waals surface area contributed by atoms with Gasteiger partial charge in [-0.2, -0.15) is 26.3 Å². The number of hydrogen-bond acceptors (Lipinski definition) is 19. The van der Waals surface area contributed by atoms with Crippen molar-refractivity contribution in [3.05, 3.63) is 328 Å². The van der Waals surface area contributed by atoms with E-state index in [-0.39, 0.29) is 188 Å². The number of sulfone groups is 1. The predicted octanol–water partition coefficient (Wildman–Crippen LogP) is 24.2. The number of methoxy groups -OCH3 is 5. The zero-order chi connectivity index (χ0) is 92.9. The van der Waals surface area contributed by atoms with E-state index in [1.54, 1.807) is 90.6 Å². The number of nitrogens with two attached hydrogens (primary N) is 8. The van der Waals surface area contributed by atoms with Crippen molar-refractivity contribution in [1.29, 1.82) is 0 Å². The van der Waals surface area contributed by atoms with Crippen LogP contribution in [-0.4, -0.2) is 127 Å². The summed E-state index contributed by atoms with van der Waals surface area (Å²) in [5.74, 6) is 1.41. The average molecular weight is 1940 g/mol. The third-order valence-corrected chi connectivity index (χ3v) is 18.4. The molecule has 0 radical (unpaired) electrons. The van der Waals surface area contributed by atoms with E-state index in [2.05, 4.69) is 0 Å². The summed E-state index contributed by atoms with van der Waals surface area (Å²) >= 11 is 1.36. The van der Waals surface area contributed by atoms with Crippen LogP contribution >= 0.6 is 23.5 Å². The number of para-hydroxylation sites is 1. The van der Waals surface area contributed by atoms with E-state index in [0.29, 0.717) is 60.7 Å². The first-order valence-electron chi connectivity index (χ1n) is 37.6. The second-order valence-corrected chi connectivity index (χ2v) is 29.5. The first kappa shape index (κ1) is 137. The number of alkyl halides is 6. The molecule has 0 amide bonds. The maximum atomic E-state index is 13.1. The van der Waals surface area contributed by atoms with Crippen molar-refractivity contribution in [2.24, 2.45) is 45.9 Å². The lowest BCUT2D eigenvalue weighted by atomic mass is 10.1. The average Bonchev–Trinajstić information content (AvgIpc) is 0.856. The largest absolute Gasteiger partial charge is 0.497 e. The standard InChI is InChI=1S/2C12H16FNO.C11H11F4NO.C11H11F4NS.C11H14FNO2S.C11H14FNO2.C11H14FNOS.C11H14FNO.8CH4/c1-9(12(13)8-14)6-10-4-3-5-11(7-10)15-2;1-15-9-11-4-2-3-10(7-11)5-6-12(13)8-14;12-9(7-16)4-5-17-10-3-1-2-8(6-10)11(13,14)15;12-9(7-16)5-4-8-2-1-3-10(6-8)17-11(13,14)15;1-16(14,15)11-4-2-3-9(7-11)5-6-10(12)8-13;2*1-14-10-3-2-4-11(7-10)15-6-5-9(12)8-13;1-14-11-5-3-2-4-9(11)6-7-10(12)8-13;;;;;;;;/h3-5,7H,6,8,14H2,1-2H3;2-4,6-7H,5,8-9,14H2,1H3;1-4,6H,5,7,16H2;1-3,5-6H,4,7,16H2;2-4,6-7H,5,8,13H2,1H3;2*2-5,7H,6,8,13H2,1H3;2-5,7H,6,8,13H2,1H3;8*1H4. The zero-order valence-electron chi connectivity index (χ0n) is 69.8. The van der Waals surface area contributed by atoms with Crippen LogP contribution in [0.15, 0.2) is 304 Å². The lowest BCUT2D eigenvalue weighted by Crippen LogP contribution is -2.05. The van der Waals surface area contributed by atoms with Gasteiger partial charge in [0.1, 0.15) is 94.3 Å². The van der Waals surface area contributed by atoms with Crippen molar-refractivity contribution < 1.29 is 103 Å². The topological polar surface area (TPSA) is 307 Å². The summed E-state index contributed by atoms with van der Waals surface area (Å²) < 4.78 is 233. The molecule has 0 aromatic heterocycles. The van der Waals surface area contributed by atoms with Crippen LogP contribution in [-0.2, 0) is 59.5 Å². The van der Waals surface area contributed by atoms with Crippen LogP contribution in [0.2, 0.25) is 0 Å². The van der Waals surface area contributed by atoms with Crippen molar-refractivity contribution >= 4 is 33.4 Å². The van der Waals surface area contributed by atoms with Gasteiger partial charge >= 0.3 is 11.7 Å². The zero-order valence-corrected chi connectivity index (χ0v) is 72.3. The van der Waals surface area contributed by atoms with E-state index in [1.807, 2.05) is 103 Å². The second kappa shape index (κ2) is 79.4. The quantitative estimate of drug-likeness (QED) is 0.0135. The minimum atomic E-state index is -4.42. The van der Waals surface area contributed by atoms with Gasteiger partial charge in [0.2, 0.25) is 0 Å². The lowest BCUT2D eigenvalue weighted by Gasteiger charge is -2.09. The Balaban J connectivity index is -0.000000220. The van der Waals surface area contributed by atoms with Gasteiger partial charge in [0.25, 0.3) is 0 Å². The van der Waals surface area contributed by atoms with Gasteiger partial charge in [-0.15, -0.1) is 11.8 Å². The van der Waals surface area contributed by atoms with Crippen molar-refractivity contribution in [1.82, 2.24) is 0 Å². The van der Waals surface area contributed by atoms with Gasteiger partial charge in [0.05, 0.1) is 45.5 Å². The van der Waals surface area contributed by atoms with Crippen LogP contribution in [0.5, 0.6) is 34.5 Å². The molecule has 0 aliphatic heterocycles. The molecule has 0 heterocycles. The van der Waals surface area contributed by atoms with Gasteiger partial charge in [-0.3, -0.25) is 0 Å². The molecule has 132 heavy (non-hydrogen) atoms. The molecule has 16 N–H and O–H groups in total. The molecule has 0 unspecified atom stereocenters. The molecule has 17 nitrogen and oxygen atoms in total.